The third-order valence-corrected chi connectivity index (χ3v) is 7.29. The van der Waals surface area contributed by atoms with Gasteiger partial charge in [0.1, 0.15) is 0 Å². The molecule has 4 saturated carbocycles. The van der Waals surface area contributed by atoms with Crippen LogP contribution in [0.4, 0.5) is 5.69 Å². The second-order valence-electron chi connectivity index (χ2n) is 9.46. The van der Waals surface area contributed by atoms with Gasteiger partial charge >= 0.3 is 0 Å². The van der Waals surface area contributed by atoms with Crippen LogP contribution in [0.25, 0.3) is 0 Å². The highest BCUT2D eigenvalue weighted by molar-refractivity contribution is 5.95. The van der Waals surface area contributed by atoms with Crippen LogP contribution in [0.15, 0.2) is 24.3 Å². The number of hydrogen-bond acceptors (Lipinski definition) is 3. The zero-order valence-electron chi connectivity index (χ0n) is 15.7. The number of rotatable bonds is 4. The van der Waals surface area contributed by atoms with Crippen LogP contribution in [0.5, 0.6) is 0 Å². The van der Waals surface area contributed by atoms with Gasteiger partial charge in [-0.25, -0.2) is 0 Å². The minimum absolute atomic E-state index is 0.119. The lowest BCUT2D eigenvalue weighted by molar-refractivity contribution is -0.178. The number of carbonyl (C=O) groups excluding carboxylic acids is 2. The molecule has 5 fully saturated rings. The normalized spacial score (nSPS) is 37.1. The summed E-state index contributed by atoms with van der Waals surface area (Å²) in [5.41, 5.74) is 1.02. The third kappa shape index (κ3) is 2.96. The monoisotopic (exact) mass is 368 g/mol. The number of anilines is 1. The summed E-state index contributed by atoms with van der Waals surface area (Å²) in [4.78, 5) is 26.7. The topological polar surface area (TPSA) is 69.6 Å². The van der Waals surface area contributed by atoms with Crippen LogP contribution in [-0.4, -0.2) is 29.1 Å². The predicted molar refractivity (Wildman–Crippen MR) is 102 cm³/mol. The maximum Gasteiger partial charge on any atom is 0.227 e. The van der Waals surface area contributed by atoms with Crippen LogP contribution in [-0.2, 0) is 16.1 Å². The number of aliphatic hydroxyl groups is 1. The molecule has 1 aromatic carbocycles. The number of hydrogen-bond donors (Lipinski definition) is 2. The van der Waals surface area contributed by atoms with Crippen molar-refractivity contribution in [2.24, 2.45) is 17.3 Å². The molecule has 0 spiro atoms. The van der Waals surface area contributed by atoms with Crippen molar-refractivity contribution in [1.29, 1.82) is 0 Å². The van der Waals surface area contributed by atoms with E-state index in [1.165, 1.54) is 6.42 Å². The Morgan fingerprint density at radius 3 is 2.44 bits per heavy atom. The van der Waals surface area contributed by atoms with Gasteiger partial charge in [0.25, 0.3) is 0 Å². The molecule has 0 aromatic heterocycles. The van der Waals surface area contributed by atoms with E-state index < -0.39 is 5.60 Å². The maximum absolute atomic E-state index is 13.1. The molecule has 1 aromatic rings. The number of amides is 2. The second-order valence-corrected chi connectivity index (χ2v) is 9.46. The smallest absolute Gasteiger partial charge is 0.227 e. The van der Waals surface area contributed by atoms with Gasteiger partial charge in [0.2, 0.25) is 11.8 Å². The molecule has 1 saturated heterocycles. The fraction of sp³-hybridized carbons (Fsp3) is 0.636. The molecule has 6 rings (SSSR count). The van der Waals surface area contributed by atoms with Gasteiger partial charge < -0.3 is 15.3 Å². The molecule has 2 amide bonds. The maximum atomic E-state index is 13.1. The van der Waals surface area contributed by atoms with E-state index in [1.54, 1.807) is 0 Å². The van der Waals surface area contributed by atoms with Gasteiger partial charge in [-0.05, 0) is 74.5 Å². The molecule has 1 aliphatic heterocycles. The predicted octanol–water partition coefficient (Wildman–Crippen LogP) is 2.76. The Hall–Kier alpha value is -1.88. The highest BCUT2D eigenvalue weighted by Gasteiger charge is 2.60. The first kappa shape index (κ1) is 17.2. The van der Waals surface area contributed by atoms with Gasteiger partial charge in [-0.2, -0.15) is 0 Å². The molecule has 1 heterocycles. The molecular formula is C22H28N2O3. The number of carbonyl (C=O) groups is 2. The van der Waals surface area contributed by atoms with Crippen LogP contribution >= 0.6 is 0 Å². The highest BCUT2D eigenvalue weighted by atomic mass is 16.3. The Morgan fingerprint density at radius 1 is 1.15 bits per heavy atom. The van der Waals surface area contributed by atoms with Crippen molar-refractivity contribution in [3.63, 3.8) is 0 Å². The van der Waals surface area contributed by atoms with E-state index in [-0.39, 0.29) is 17.2 Å². The molecule has 5 nitrogen and oxygen atoms in total. The summed E-state index contributed by atoms with van der Waals surface area (Å²) in [6.45, 7) is 1.30. The second kappa shape index (κ2) is 6.06. The van der Waals surface area contributed by atoms with E-state index in [4.69, 9.17) is 0 Å². The fourth-order valence-corrected chi connectivity index (χ4v) is 6.56. The van der Waals surface area contributed by atoms with Crippen LogP contribution in [0, 0.1) is 17.3 Å². The average Bonchev–Trinajstić information content (AvgIpc) is 3.04. The standard InChI is InChI=1S/C22H28N2O3/c25-19-2-1-7-24(19)18-5-3-15(4-6-18)13-23-20(26)21-9-16-8-17(10-21)12-22(27,11-16)14-21/h3-6,16-17,27H,1-2,7-14H2,(H,23,26)/t16-,17-,21?,22?/m1/s1. The lowest BCUT2D eigenvalue weighted by atomic mass is 9.47. The molecule has 0 unspecified atom stereocenters. The Bertz CT molecular complexity index is 758. The summed E-state index contributed by atoms with van der Waals surface area (Å²) >= 11 is 0. The SMILES string of the molecule is O=C1CCCN1c1ccc(CNC(=O)C23C[C@H]4C[C@@H](CC(O)(C4)C2)C3)cc1. The van der Waals surface area contributed by atoms with Gasteiger partial charge in [0.05, 0.1) is 11.0 Å². The van der Waals surface area contributed by atoms with Gasteiger partial charge in [0.15, 0.2) is 0 Å². The van der Waals surface area contributed by atoms with Crippen molar-refractivity contribution < 1.29 is 14.7 Å². The molecule has 0 radical (unpaired) electrons. The van der Waals surface area contributed by atoms with E-state index in [9.17, 15) is 14.7 Å². The number of nitrogens with zero attached hydrogens (tertiary/aromatic N) is 1. The highest BCUT2D eigenvalue weighted by Crippen LogP contribution is 2.61. The summed E-state index contributed by atoms with van der Waals surface area (Å²) in [6.07, 6.45) is 7.02. The lowest BCUT2D eigenvalue weighted by Crippen LogP contribution is -2.60. The molecule has 144 valence electrons. The first-order chi connectivity index (χ1) is 12.9. The lowest BCUT2D eigenvalue weighted by Gasteiger charge is -2.59. The fourth-order valence-electron chi connectivity index (χ4n) is 6.56. The van der Waals surface area contributed by atoms with Gasteiger partial charge in [-0.1, -0.05) is 12.1 Å². The summed E-state index contributed by atoms with van der Waals surface area (Å²) < 4.78 is 0. The number of nitrogens with one attached hydrogen (secondary N) is 1. The van der Waals surface area contributed by atoms with Crippen molar-refractivity contribution in [3.8, 4) is 0 Å². The van der Waals surface area contributed by atoms with Crippen molar-refractivity contribution in [1.82, 2.24) is 5.32 Å². The van der Waals surface area contributed by atoms with Crippen LogP contribution in [0.3, 0.4) is 0 Å². The van der Waals surface area contributed by atoms with E-state index >= 15 is 0 Å². The summed E-state index contributed by atoms with van der Waals surface area (Å²) in [5, 5.41) is 14.0. The zero-order chi connectivity index (χ0) is 18.6. The first-order valence-electron chi connectivity index (χ1n) is 10.3. The molecule has 5 heteroatoms. The van der Waals surface area contributed by atoms with Crippen molar-refractivity contribution >= 4 is 17.5 Å². The third-order valence-electron chi connectivity index (χ3n) is 7.29. The minimum atomic E-state index is -0.606. The van der Waals surface area contributed by atoms with E-state index in [0.29, 0.717) is 31.2 Å². The quantitative estimate of drug-likeness (QED) is 0.859. The summed E-state index contributed by atoms with van der Waals surface area (Å²) in [7, 11) is 0. The van der Waals surface area contributed by atoms with E-state index in [2.05, 4.69) is 5.32 Å². The Kier molecular flexibility index (Phi) is 3.87. The molecule has 4 bridgehead atoms. The van der Waals surface area contributed by atoms with Crippen molar-refractivity contribution in [2.75, 3.05) is 11.4 Å². The number of benzene rings is 1. The molecule has 2 N–H and O–H groups in total. The average molecular weight is 368 g/mol. The molecule has 4 aliphatic carbocycles. The molecule has 2 atom stereocenters. The van der Waals surface area contributed by atoms with Crippen molar-refractivity contribution in [2.45, 2.75) is 63.5 Å². The van der Waals surface area contributed by atoms with Crippen LogP contribution in [0.2, 0.25) is 0 Å². The molecule has 5 aliphatic rings. The molecule has 27 heavy (non-hydrogen) atoms. The van der Waals surface area contributed by atoms with Gasteiger partial charge in [0, 0.05) is 25.2 Å². The van der Waals surface area contributed by atoms with E-state index in [0.717, 1.165) is 49.9 Å². The van der Waals surface area contributed by atoms with E-state index in [1.807, 2.05) is 29.2 Å². The van der Waals surface area contributed by atoms with Gasteiger partial charge in [-0.3, -0.25) is 9.59 Å². The van der Waals surface area contributed by atoms with Crippen LogP contribution in [0.1, 0.15) is 56.9 Å². The molecular weight excluding hydrogens is 340 g/mol. The van der Waals surface area contributed by atoms with Gasteiger partial charge in [-0.15, -0.1) is 0 Å². The van der Waals surface area contributed by atoms with Crippen LogP contribution < -0.4 is 10.2 Å². The summed E-state index contributed by atoms with van der Waals surface area (Å²) in [5.74, 6) is 1.34. The Morgan fingerprint density at radius 2 is 1.85 bits per heavy atom. The summed E-state index contributed by atoms with van der Waals surface area (Å²) in [6, 6.07) is 7.93. The zero-order valence-corrected chi connectivity index (χ0v) is 15.7. The Labute approximate surface area is 160 Å². The Balaban J connectivity index is 1.24. The van der Waals surface area contributed by atoms with Crippen molar-refractivity contribution in [3.05, 3.63) is 29.8 Å². The first-order valence-corrected chi connectivity index (χ1v) is 10.3. The largest absolute Gasteiger partial charge is 0.390 e. The minimum Gasteiger partial charge on any atom is -0.390 e.